The molecule has 0 aliphatic heterocycles. The predicted molar refractivity (Wildman–Crippen MR) is 107 cm³/mol. The number of anilines is 3. The van der Waals surface area contributed by atoms with Crippen LogP contribution in [0.4, 0.5) is 30.6 Å². The van der Waals surface area contributed by atoms with Gasteiger partial charge in [0.2, 0.25) is 5.82 Å². The third-order valence-corrected chi connectivity index (χ3v) is 4.09. The Morgan fingerprint density at radius 3 is 2.45 bits per heavy atom. The highest BCUT2D eigenvalue weighted by atomic mass is 19.4. The number of benzene rings is 1. The van der Waals surface area contributed by atoms with E-state index in [9.17, 15) is 28.3 Å². The zero-order chi connectivity index (χ0) is 24.0. The molecule has 0 bridgehead atoms. The Labute approximate surface area is 185 Å². The highest BCUT2D eigenvalue weighted by Crippen LogP contribution is 2.22. The minimum Gasteiger partial charge on any atom is -0.508 e. The van der Waals surface area contributed by atoms with Crippen LogP contribution in [0.3, 0.4) is 0 Å². The van der Waals surface area contributed by atoms with Crippen LogP contribution in [0.5, 0.6) is 11.8 Å². The number of ether oxygens (including phenoxy) is 2. The summed E-state index contributed by atoms with van der Waals surface area (Å²) in [5.74, 6) is -0.398. The van der Waals surface area contributed by atoms with Gasteiger partial charge in [0.25, 0.3) is 0 Å². The molecule has 3 rings (SSSR count). The maximum Gasteiger partial charge on any atom is 0.422 e. The number of alkyl halides is 3. The van der Waals surface area contributed by atoms with Crippen molar-refractivity contribution >= 4 is 23.4 Å². The summed E-state index contributed by atoms with van der Waals surface area (Å²) < 4.78 is 47.5. The van der Waals surface area contributed by atoms with Gasteiger partial charge in [-0.05, 0) is 23.8 Å². The van der Waals surface area contributed by atoms with Crippen molar-refractivity contribution in [2.24, 2.45) is 0 Å². The topological polar surface area (TPSA) is 130 Å². The highest BCUT2D eigenvalue weighted by molar-refractivity contribution is 5.88. The molecular weight excluding hydrogens is 447 g/mol. The molecule has 0 aliphatic carbocycles. The van der Waals surface area contributed by atoms with Gasteiger partial charge >= 0.3 is 24.0 Å². The van der Waals surface area contributed by atoms with E-state index in [0.29, 0.717) is 4.73 Å². The van der Waals surface area contributed by atoms with Crippen molar-refractivity contribution in [1.29, 1.82) is 0 Å². The summed E-state index contributed by atoms with van der Waals surface area (Å²) in [5.41, 5.74) is 0.837. The number of nitrogens with one attached hydrogen (secondary N) is 2. The summed E-state index contributed by atoms with van der Waals surface area (Å²) in [4.78, 5) is 19.4. The molecule has 0 fully saturated rings. The van der Waals surface area contributed by atoms with Crippen LogP contribution in [-0.4, -0.2) is 46.1 Å². The second-order valence-corrected chi connectivity index (χ2v) is 6.61. The number of aromatic nitrogens is 3. The fraction of sp³-hybridized carbons (Fsp3) is 0.200. The summed E-state index contributed by atoms with van der Waals surface area (Å²) in [7, 11) is 1.19. The van der Waals surface area contributed by atoms with Crippen LogP contribution in [0, 0.1) is 0 Å². The first-order valence-corrected chi connectivity index (χ1v) is 9.33. The summed E-state index contributed by atoms with van der Waals surface area (Å²) in [6.07, 6.45) is -3.51. The molecule has 0 radical (unpaired) electrons. The van der Waals surface area contributed by atoms with Crippen molar-refractivity contribution in [2.45, 2.75) is 12.7 Å². The third kappa shape index (κ3) is 6.85. The second-order valence-electron chi connectivity index (χ2n) is 6.61. The molecule has 0 saturated heterocycles. The van der Waals surface area contributed by atoms with Gasteiger partial charge in [-0.1, -0.05) is 16.9 Å². The fourth-order valence-electron chi connectivity index (χ4n) is 2.56. The first-order valence-electron chi connectivity index (χ1n) is 9.33. The molecule has 0 atom stereocenters. The van der Waals surface area contributed by atoms with Crippen LogP contribution in [0.1, 0.15) is 15.9 Å². The van der Waals surface area contributed by atoms with Crippen molar-refractivity contribution in [2.75, 3.05) is 24.4 Å². The average Bonchev–Trinajstić information content (AvgIpc) is 2.77. The zero-order valence-electron chi connectivity index (χ0n) is 17.1. The average molecular weight is 466 g/mol. The van der Waals surface area contributed by atoms with Crippen molar-refractivity contribution in [3.63, 3.8) is 0 Å². The minimum absolute atomic E-state index is 0.00370. The Balaban J connectivity index is 1.83. The Bertz CT molecular complexity index is 1130. The van der Waals surface area contributed by atoms with Gasteiger partial charge in [-0.3, -0.25) is 0 Å². The smallest absolute Gasteiger partial charge is 0.422 e. The molecule has 4 N–H and O–H groups in total. The van der Waals surface area contributed by atoms with E-state index in [-0.39, 0.29) is 35.3 Å². The maximum absolute atomic E-state index is 12.6. The number of aromatic hydroxyl groups is 1. The maximum atomic E-state index is 12.6. The monoisotopic (exact) mass is 466 g/mol. The summed E-state index contributed by atoms with van der Waals surface area (Å²) in [5, 5.41) is 25.1. The molecular formula is C20H19F3N5O5+. The van der Waals surface area contributed by atoms with E-state index in [1.165, 1.54) is 37.4 Å². The van der Waals surface area contributed by atoms with Crippen LogP contribution in [-0.2, 0) is 11.3 Å². The van der Waals surface area contributed by atoms with E-state index < -0.39 is 24.8 Å². The molecule has 2 heterocycles. The second kappa shape index (κ2) is 9.89. The standard InChI is InChI=1S/C20H18F3N5O5/c1-32-18(30)13-4-7-17(28(31)10-13)25-16-8-15(24-9-12-2-5-14(29)6-3-12)26-19(27-16)33-11-20(21,22)23/h2-8,10,31H,9,11H2,1H3,(H2,24,26,27,29)/p+1. The fourth-order valence-corrected chi connectivity index (χ4v) is 2.56. The molecule has 0 aliphatic rings. The van der Waals surface area contributed by atoms with Crippen molar-refractivity contribution in [3.8, 4) is 11.8 Å². The summed E-state index contributed by atoms with van der Waals surface area (Å²) in [6, 6.07) is 9.82. The van der Waals surface area contributed by atoms with Crippen molar-refractivity contribution in [3.05, 3.63) is 59.8 Å². The van der Waals surface area contributed by atoms with Gasteiger partial charge in [-0.15, -0.1) is 0 Å². The molecule has 0 spiro atoms. The van der Waals surface area contributed by atoms with E-state index in [0.717, 1.165) is 11.8 Å². The normalized spacial score (nSPS) is 11.0. The number of hydrogen-bond donors (Lipinski definition) is 4. The lowest BCUT2D eigenvalue weighted by Crippen LogP contribution is -2.34. The number of halogens is 3. The number of carbonyl (C=O) groups is 1. The van der Waals surface area contributed by atoms with Crippen LogP contribution in [0.25, 0.3) is 0 Å². The van der Waals surface area contributed by atoms with Crippen molar-refractivity contribution in [1.82, 2.24) is 9.97 Å². The first kappa shape index (κ1) is 23.4. The largest absolute Gasteiger partial charge is 0.508 e. The molecule has 0 saturated carbocycles. The first-order chi connectivity index (χ1) is 15.6. The van der Waals surface area contributed by atoms with E-state index in [4.69, 9.17) is 0 Å². The van der Waals surface area contributed by atoms with Gasteiger partial charge in [0.1, 0.15) is 17.1 Å². The van der Waals surface area contributed by atoms with Gasteiger partial charge in [0, 0.05) is 18.7 Å². The minimum atomic E-state index is -4.59. The molecule has 2 aromatic heterocycles. The number of carbonyl (C=O) groups excluding carboxylic acids is 1. The van der Waals surface area contributed by atoms with Gasteiger partial charge in [-0.25, -0.2) is 10.1 Å². The Kier molecular flexibility index (Phi) is 7.00. The quantitative estimate of drug-likeness (QED) is 0.225. The van der Waals surface area contributed by atoms with Crippen LogP contribution < -0.4 is 20.1 Å². The summed E-state index contributed by atoms with van der Waals surface area (Å²) in [6.45, 7) is -1.36. The van der Waals surface area contributed by atoms with Gasteiger partial charge in [0.15, 0.2) is 12.8 Å². The van der Waals surface area contributed by atoms with Gasteiger partial charge < -0.3 is 25.1 Å². The van der Waals surface area contributed by atoms with Crippen LogP contribution in [0.2, 0.25) is 0 Å². The molecule has 174 valence electrons. The Morgan fingerprint density at radius 1 is 1.12 bits per heavy atom. The number of phenols is 1. The highest BCUT2D eigenvalue weighted by Gasteiger charge is 2.29. The molecule has 0 unspecified atom stereocenters. The van der Waals surface area contributed by atoms with E-state index in [1.54, 1.807) is 12.1 Å². The van der Waals surface area contributed by atoms with Crippen LogP contribution in [0.15, 0.2) is 48.7 Å². The number of esters is 1. The van der Waals surface area contributed by atoms with Crippen molar-refractivity contribution < 1.29 is 42.5 Å². The number of pyridine rings is 1. The number of hydrogen-bond acceptors (Lipinski definition) is 9. The molecule has 1 aromatic carbocycles. The molecule has 3 aromatic rings. The molecule has 10 nitrogen and oxygen atoms in total. The number of nitrogens with zero attached hydrogens (tertiary/aromatic N) is 3. The Hall–Kier alpha value is -4.29. The Morgan fingerprint density at radius 2 is 1.82 bits per heavy atom. The molecule has 33 heavy (non-hydrogen) atoms. The predicted octanol–water partition coefficient (Wildman–Crippen LogP) is 2.79. The number of phenolic OH excluding ortho intramolecular Hbond substituents is 1. The summed E-state index contributed by atoms with van der Waals surface area (Å²) >= 11 is 0. The molecule has 0 amide bonds. The number of rotatable bonds is 8. The van der Waals surface area contributed by atoms with E-state index in [1.807, 2.05) is 0 Å². The van der Waals surface area contributed by atoms with Gasteiger partial charge in [-0.2, -0.15) is 23.1 Å². The SMILES string of the molecule is COC(=O)c1ccc(Nc2cc(NCc3ccc(O)cc3)nc(OCC(F)(F)F)n2)[n+](O)c1. The van der Waals surface area contributed by atoms with Crippen LogP contribution >= 0.6 is 0 Å². The lowest BCUT2D eigenvalue weighted by molar-refractivity contribution is -0.893. The third-order valence-electron chi connectivity index (χ3n) is 4.09. The van der Waals surface area contributed by atoms with E-state index >= 15 is 0 Å². The lowest BCUT2D eigenvalue weighted by atomic mass is 10.2. The lowest BCUT2D eigenvalue weighted by Gasteiger charge is -2.11. The van der Waals surface area contributed by atoms with Gasteiger partial charge in [0.05, 0.1) is 7.11 Å². The zero-order valence-corrected chi connectivity index (χ0v) is 17.1. The number of methoxy groups -OCH3 is 1. The van der Waals surface area contributed by atoms with E-state index in [2.05, 4.69) is 30.1 Å². The molecule has 13 heteroatoms.